The molecule has 0 aromatic heterocycles. The van der Waals surface area contributed by atoms with Gasteiger partial charge in [-0.3, -0.25) is 4.79 Å². The van der Waals surface area contributed by atoms with Crippen molar-refractivity contribution in [1.82, 2.24) is 4.90 Å². The molecule has 1 fully saturated rings. The van der Waals surface area contributed by atoms with E-state index in [1.807, 2.05) is 24.3 Å². The third-order valence-electron chi connectivity index (χ3n) is 4.61. The average molecular weight is 428 g/mol. The molecule has 0 spiro atoms. The van der Waals surface area contributed by atoms with E-state index in [1.165, 1.54) is 24.2 Å². The highest BCUT2D eigenvalue weighted by molar-refractivity contribution is 7.98. The number of carboxylic acid groups (broad SMARTS) is 2. The maximum absolute atomic E-state index is 12.4. The van der Waals surface area contributed by atoms with Crippen LogP contribution in [0.4, 0.5) is 0 Å². The molecule has 1 aliphatic rings. The van der Waals surface area contributed by atoms with Crippen molar-refractivity contribution in [1.29, 1.82) is 0 Å². The number of piperidine rings is 1. The first-order valence-electron chi connectivity index (χ1n) is 9.39. The molecule has 0 amide bonds. The summed E-state index contributed by atoms with van der Waals surface area (Å²) in [6, 6.07) is 7.98. The molecule has 2 rings (SSSR count). The van der Waals surface area contributed by atoms with Crippen molar-refractivity contribution in [2.24, 2.45) is 5.92 Å². The van der Waals surface area contributed by atoms with Crippen LogP contribution in [0.3, 0.4) is 0 Å². The second kappa shape index (κ2) is 12.6. The number of nitrogens with zero attached hydrogens (tertiary/aromatic N) is 1. The number of aliphatic hydroxyl groups excluding tert-OH is 2. The van der Waals surface area contributed by atoms with E-state index in [0.29, 0.717) is 0 Å². The highest BCUT2D eigenvalue weighted by Gasteiger charge is 2.29. The fraction of sp³-hybridized carbons (Fsp3) is 0.550. The van der Waals surface area contributed by atoms with Crippen LogP contribution in [-0.4, -0.2) is 81.1 Å². The quantitative estimate of drug-likeness (QED) is 0.360. The number of carbonyl (C=O) groups is 3. The maximum Gasteiger partial charge on any atom is 0.335 e. The van der Waals surface area contributed by atoms with Crippen LogP contribution >= 0.6 is 11.8 Å². The molecule has 4 N–H and O–H groups in total. The fourth-order valence-corrected chi connectivity index (χ4v) is 3.33. The highest BCUT2D eigenvalue weighted by Crippen LogP contribution is 2.18. The number of ketones is 1. The zero-order chi connectivity index (χ0) is 22.0. The SMILES string of the molecule is CSc1ccc(C(=O)C(C)CN2CCCCC2)cc1.O=C(O)[C@@H](O)[C@H](O)C(=O)O. The number of hydrogen-bond acceptors (Lipinski definition) is 7. The van der Waals surface area contributed by atoms with Gasteiger partial charge in [0.15, 0.2) is 18.0 Å². The molecule has 1 aromatic rings. The van der Waals surface area contributed by atoms with Crippen LogP contribution in [-0.2, 0) is 9.59 Å². The fourth-order valence-electron chi connectivity index (χ4n) is 2.92. The first-order valence-corrected chi connectivity index (χ1v) is 10.6. The van der Waals surface area contributed by atoms with E-state index in [9.17, 15) is 14.4 Å². The normalized spacial score (nSPS) is 17.4. The second-order valence-corrected chi connectivity index (χ2v) is 7.80. The third-order valence-corrected chi connectivity index (χ3v) is 5.35. The Kier molecular flexibility index (Phi) is 10.9. The minimum Gasteiger partial charge on any atom is -0.479 e. The van der Waals surface area contributed by atoms with Crippen molar-refractivity contribution < 1.29 is 34.8 Å². The lowest BCUT2D eigenvalue weighted by Crippen LogP contribution is -2.39. The van der Waals surface area contributed by atoms with E-state index in [4.69, 9.17) is 20.4 Å². The summed E-state index contributed by atoms with van der Waals surface area (Å²) in [7, 11) is 0. The van der Waals surface area contributed by atoms with E-state index in [2.05, 4.69) is 18.1 Å². The van der Waals surface area contributed by atoms with Gasteiger partial charge in [0.2, 0.25) is 0 Å². The zero-order valence-corrected chi connectivity index (χ0v) is 17.5. The van der Waals surface area contributed by atoms with E-state index < -0.39 is 24.1 Å². The number of rotatable bonds is 8. The van der Waals surface area contributed by atoms with Gasteiger partial charge in [-0.05, 0) is 44.3 Å². The Morgan fingerprint density at radius 2 is 1.45 bits per heavy atom. The van der Waals surface area contributed by atoms with Crippen molar-refractivity contribution in [3.8, 4) is 0 Å². The van der Waals surface area contributed by atoms with Crippen LogP contribution in [0.5, 0.6) is 0 Å². The molecule has 9 heteroatoms. The summed E-state index contributed by atoms with van der Waals surface area (Å²) in [5, 5.41) is 32.5. The van der Waals surface area contributed by atoms with E-state index in [-0.39, 0.29) is 11.7 Å². The average Bonchev–Trinajstić information content (AvgIpc) is 2.73. The van der Waals surface area contributed by atoms with Gasteiger partial charge in [0.1, 0.15) is 0 Å². The molecule has 0 bridgehead atoms. The monoisotopic (exact) mass is 427 g/mol. The van der Waals surface area contributed by atoms with Gasteiger partial charge >= 0.3 is 11.9 Å². The predicted octanol–water partition coefficient (Wildman–Crippen LogP) is 1.59. The summed E-state index contributed by atoms with van der Waals surface area (Å²) in [4.78, 5) is 35.6. The molecule has 1 saturated heterocycles. The van der Waals surface area contributed by atoms with Crippen LogP contribution < -0.4 is 0 Å². The first-order chi connectivity index (χ1) is 13.7. The molecule has 162 valence electrons. The number of aliphatic carboxylic acids is 2. The molecule has 29 heavy (non-hydrogen) atoms. The van der Waals surface area contributed by atoms with E-state index in [0.717, 1.165) is 25.2 Å². The molecular formula is C20H29NO7S. The number of Topliss-reactive ketones (excluding diaryl/α,β-unsaturated/α-hetero) is 1. The molecule has 0 saturated carbocycles. The number of thioether (sulfide) groups is 1. The van der Waals surface area contributed by atoms with Crippen molar-refractivity contribution in [2.75, 3.05) is 25.9 Å². The number of likely N-dealkylation sites (tertiary alicyclic amines) is 1. The molecule has 1 aliphatic heterocycles. The molecular weight excluding hydrogens is 398 g/mol. The minimum atomic E-state index is -2.27. The molecule has 1 unspecified atom stereocenters. The van der Waals surface area contributed by atoms with E-state index >= 15 is 0 Å². The van der Waals surface area contributed by atoms with Crippen LogP contribution in [0.2, 0.25) is 0 Å². The standard InChI is InChI=1S/C16H23NOS.C4H6O6/c1-13(12-17-10-4-3-5-11-17)16(18)14-6-8-15(19-2)9-7-14;5-1(3(7)8)2(6)4(9)10/h6-9,13H,3-5,10-12H2,1-2H3;1-2,5-6H,(H,7,8)(H,9,10)/t;1-,2-/m.0/s1. The van der Waals surface area contributed by atoms with E-state index in [1.54, 1.807) is 11.8 Å². The Labute approximate surface area is 174 Å². The summed E-state index contributed by atoms with van der Waals surface area (Å²) < 4.78 is 0. The Hall–Kier alpha value is -1.94. The summed E-state index contributed by atoms with van der Waals surface area (Å²) >= 11 is 1.71. The van der Waals surface area contributed by atoms with Gasteiger partial charge in [0.05, 0.1) is 0 Å². The Bertz CT molecular complexity index is 656. The third kappa shape index (κ3) is 8.53. The summed E-state index contributed by atoms with van der Waals surface area (Å²) in [6.07, 6.45) is 1.42. The van der Waals surface area contributed by atoms with Crippen LogP contribution in [0.15, 0.2) is 29.2 Å². The van der Waals surface area contributed by atoms with Crippen molar-refractivity contribution in [3.63, 3.8) is 0 Å². The lowest BCUT2D eigenvalue weighted by Gasteiger charge is -2.28. The maximum atomic E-state index is 12.4. The molecule has 0 radical (unpaired) electrons. The van der Waals surface area contributed by atoms with Gasteiger partial charge in [0, 0.05) is 22.9 Å². The smallest absolute Gasteiger partial charge is 0.335 e. The van der Waals surface area contributed by atoms with Gasteiger partial charge < -0.3 is 25.3 Å². The van der Waals surface area contributed by atoms with Gasteiger partial charge in [0.25, 0.3) is 0 Å². The Morgan fingerprint density at radius 3 is 1.86 bits per heavy atom. The van der Waals surface area contributed by atoms with Crippen LogP contribution in [0.1, 0.15) is 36.5 Å². The van der Waals surface area contributed by atoms with Crippen LogP contribution in [0.25, 0.3) is 0 Å². The molecule has 1 aromatic carbocycles. The number of carboxylic acids is 2. The summed E-state index contributed by atoms with van der Waals surface area (Å²) in [6.45, 7) is 5.27. The Balaban J connectivity index is 0.000000359. The van der Waals surface area contributed by atoms with Gasteiger partial charge in [-0.15, -0.1) is 11.8 Å². The van der Waals surface area contributed by atoms with Gasteiger partial charge in [-0.2, -0.15) is 0 Å². The number of carbonyl (C=O) groups excluding carboxylic acids is 1. The minimum absolute atomic E-state index is 0.0956. The first kappa shape index (κ1) is 25.1. The summed E-state index contributed by atoms with van der Waals surface area (Å²) in [5.41, 5.74) is 0.849. The zero-order valence-electron chi connectivity index (χ0n) is 16.7. The lowest BCUT2D eigenvalue weighted by molar-refractivity contribution is -0.165. The molecule has 1 heterocycles. The molecule has 8 nitrogen and oxygen atoms in total. The number of hydrogen-bond donors (Lipinski definition) is 4. The molecule has 3 atom stereocenters. The van der Waals surface area contributed by atoms with Crippen molar-refractivity contribution in [3.05, 3.63) is 29.8 Å². The second-order valence-electron chi connectivity index (χ2n) is 6.92. The van der Waals surface area contributed by atoms with Crippen molar-refractivity contribution in [2.45, 2.75) is 43.3 Å². The number of aliphatic hydroxyl groups is 2. The summed E-state index contributed by atoms with van der Waals surface area (Å²) in [5.74, 6) is -3.17. The lowest BCUT2D eigenvalue weighted by atomic mass is 9.98. The van der Waals surface area contributed by atoms with Gasteiger partial charge in [-0.1, -0.05) is 25.5 Å². The largest absolute Gasteiger partial charge is 0.479 e. The van der Waals surface area contributed by atoms with Crippen LogP contribution in [0, 0.1) is 5.92 Å². The molecule has 0 aliphatic carbocycles. The van der Waals surface area contributed by atoms with Gasteiger partial charge in [-0.25, -0.2) is 9.59 Å². The Morgan fingerprint density at radius 1 is 0.966 bits per heavy atom. The predicted molar refractivity (Wildman–Crippen MR) is 109 cm³/mol. The highest BCUT2D eigenvalue weighted by atomic mass is 32.2. The topological polar surface area (TPSA) is 135 Å². The number of benzene rings is 1. The van der Waals surface area contributed by atoms with Crippen molar-refractivity contribution >= 4 is 29.5 Å².